The molecule has 2 unspecified atom stereocenters. The van der Waals surface area contributed by atoms with Crippen LogP contribution in [0.3, 0.4) is 0 Å². The Morgan fingerprint density at radius 1 is 0.593 bits per heavy atom. The number of nitrogens with one attached hydrogen (secondary N) is 2. The Labute approximate surface area is 171 Å². The standard InChI is InChI=1S/C19H46N2O4Si2/c1-7-22-26(23-8-2)18(5)12-16-20-14-11-15-21-17-13-19(6)27(24-9-3)25-10-4/h18-21,26-27H,7-17H2,1-6H3. The fraction of sp³-hybridized carbons (Fsp3) is 1.00. The first-order valence-corrected chi connectivity index (χ1v) is 14.2. The van der Waals surface area contributed by atoms with E-state index >= 15 is 0 Å². The van der Waals surface area contributed by atoms with Crippen molar-refractivity contribution in [1.82, 2.24) is 10.6 Å². The van der Waals surface area contributed by atoms with E-state index in [0.717, 1.165) is 71.9 Å². The van der Waals surface area contributed by atoms with E-state index in [1.165, 1.54) is 0 Å². The van der Waals surface area contributed by atoms with Gasteiger partial charge in [0.2, 0.25) is 0 Å². The fourth-order valence-electron chi connectivity index (χ4n) is 2.93. The minimum atomic E-state index is -1.50. The molecular formula is C19H46N2O4Si2. The average Bonchev–Trinajstić information content (AvgIpc) is 2.66. The van der Waals surface area contributed by atoms with Crippen molar-refractivity contribution < 1.29 is 17.7 Å². The van der Waals surface area contributed by atoms with E-state index in [0.29, 0.717) is 11.1 Å². The zero-order valence-electron chi connectivity index (χ0n) is 18.7. The van der Waals surface area contributed by atoms with E-state index in [1.54, 1.807) is 0 Å². The highest BCUT2D eigenvalue weighted by molar-refractivity contribution is 6.46. The Kier molecular flexibility index (Phi) is 19.6. The number of rotatable bonds is 20. The molecule has 0 bridgehead atoms. The molecule has 0 amide bonds. The van der Waals surface area contributed by atoms with E-state index in [-0.39, 0.29) is 0 Å². The van der Waals surface area contributed by atoms with Crippen LogP contribution in [0, 0.1) is 0 Å². The molecule has 164 valence electrons. The molecule has 0 fully saturated rings. The summed E-state index contributed by atoms with van der Waals surface area (Å²) < 4.78 is 23.2. The van der Waals surface area contributed by atoms with Crippen molar-refractivity contribution >= 4 is 18.6 Å². The maximum absolute atomic E-state index is 5.80. The van der Waals surface area contributed by atoms with Crippen LogP contribution in [0.25, 0.3) is 0 Å². The molecule has 27 heavy (non-hydrogen) atoms. The van der Waals surface area contributed by atoms with Crippen LogP contribution in [0.2, 0.25) is 11.1 Å². The molecular weight excluding hydrogens is 376 g/mol. The second kappa shape index (κ2) is 19.5. The monoisotopic (exact) mass is 422 g/mol. The van der Waals surface area contributed by atoms with E-state index in [9.17, 15) is 0 Å². The first-order valence-electron chi connectivity index (χ1n) is 11.0. The zero-order valence-corrected chi connectivity index (χ0v) is 21.0. The zero-order chi connectivity index (χ0) is 20.3. The molecule has 0 saturated carbocycles. The predicted molar refractivity (Wildman–Crippen MR) is 119 cm³/mol. The van der Waals surface area contributed by atoms with Gasteiger partial charge in [-0.15, -0.1) is 0 Å². The third kappa shape index (κ3) is 14.8. The summed E-state index contributed by atoms with van der Waals surface area (Å²) >= 11 is 0. The Bertz CT molecular complexity index is 277. The summed E-state index contributed by atoms with van der Waals surface area (Å²) in [7, 11) is -3.00. The summed E-state index contributed by atoms with van der Waals surface area (Å²) in [6, 6.07) is 0. The third-order valence-electron chi connectivity index (χ3n) is 4.51. The van der Waals surface area contributed by atoms with Gasteiger partial charge >= 0.3 is 18.6 Å². The highest BCUT2D eigenvalue weighted by Crippen LogP contribution is 2.16. The topological polar surface area (TPSA) is 61.0 Å². The smallest absolute Gasteiger partial charge is 0.324 e. The quantitative estimate of drug-likeness (QED) is 0.232. The van der Waals surface area contributed by atoms with E-state index in [2.05, 4.69) is 24.5 Å². The molecule has 0 aliphatic heterocycles. The molecule has 0 aliphatic carbocycles. The van der Waals surface area contributed by atoms with Crippen LogP contribution in [-0.4, -0.2) is 71.2 Å². The Morgan fingerprint density at radius 3 is 1.22 bits per heavy atom. The summed E-state index contributed by atoms with van der Waals surface area (Å²) in [5.74, 6) is 0. The van der Waals surface area contributed by atoms with Gasteiger partial charge in [0, 0.05) is 26.4 Å². The molecule has 8 heteroatoms. The van der Waals surface area contributed by atoms with Crippen molar-refractivity contribution in [2.24, 2.45) is 0 Å². The minimum absolute atomic E-state index is 0.546. The van der Waals surface area contributed by atoms with Crippen LogP contribution < -0.4 is 10.6 Å². The van der Waals surface area contributed by atoms with Gasteiger partial charge in [-0.05, 0) is 84.2 Å². The average molecular weight is 423 g/mol. The van der Waals surface area contributed by atoms with Gasteiger partial charge in [-0.3, -0.25) is 0 Å². The van der Waals surface area contributed by atoms with Gasteiger partial charge in [0.15, 0.2) is 0 Å². The van der Waals surface area contributed by atoms with Crippen molar-refractivity contribution in [3.63, 3.8) is 0 Å². The van der Waals surface area contributed by atoms with Crippen molar-refractivity contribution in [2.45, 2.75) is 71.9 Å². The van der Waals surface area contributed by atoms with Crippen molar-refractivity contribution in [1.29, 1.82) is 0 Å². The summed E-state index contributed by atoms with van der Waals surface area (Å²) in [5, 5.41) is 7.09. The Balaban J connectivity index is 3.63. The van der Waals surface area contributed by atoms with Crippen molar-refractivity contribution in [3.8, 4) is 0 Å². The van der Waals surface area contributed by atoms with Crippen LogP contribution in [0.5, 0.6) is 0 Å². The van der Waals surface area contributed by atoms with Gasteiger partial charge in [0.05, 0.1) is 0 Å². The molecule has 0 rings (SSSR count). The molecule has 2 atom stereocenters. The first kappa shape index (κ1) is 27.2. The fourth-order valence-corrected chi connectivity index (χ4v) is 6.63. The first-order chi connectivity index (χ1) is 13.1. The molecule has 0 aliphatic rings. The summed E-state index contributed by atoms with van der Waals surface area (Å²) in [4.78, 5) is 0. The Hall–Kier alpha value is 0.194. The summed E-state index contributed by atoms with van der Waals surface area (Å²) in [6.07, 6.45) is 3.41. The van der Waals surface area contributed by atoms with Gasteiger partial charge in [0.25, 0.3) is 0 Å². The van der Waals surface area contributed by atoms with Gasteiger partial charge in [0.1, 0.15) is 0 Å². The molecule has 0 radical (unpaired) electrons. The number of hydrogen-bond acceptors (Lipinski definition) is 6. The Morgan fingerprint density at radius 2 is 0.926 bits per heavy atom. The van der Waals surface area contributed by atoms with Gasteiger partial charge in [-0.1, -0.05) is 13.8 Å². The molecule has 6 nitrogen and oxygen atoms in total. The van der Waals surface area contributed by atoms with Gasteiger partial charge in [-0.25, -0.2) is 0 Å². The molecule has 0 aromatic rings. The molecule has 0 aromatic carbocycles. The molecule has 0 heterocycles. The van der Waals surface area contributed by atoms with Crippen LogP contribution >= 0.6 is 0 Å². The maximum Gasteiger partial charge on any atom is 0.324 e. The van der Waals surface area contributed by atoms with Gasteiger partial charge in [-0.2, -0.15) is 0 Å². The summed E-state index contributed by atoms with van der Waals surface area (Å²) in [5.41, 5.74) is 1.09. The third-order valence-corrected chi connectivity index (χ3v) is 9.69. The lowest BCUT2D eigenvalue weighted by Crippen LogP contribution is -2.31. The highest BCUT2D eigenvalue weighted by Gasteiger charge is 2.21. The molecule has 0 aromatic heterocycles. The van der Waals surface area contributed by atoms with Crippen molar-refractivity contribution in [2.75, 3.05) is 52.6 Å². The molecule has 2 N–H and O–H groups in total. The van der Waals surface area contributed by atoms with Gasteiger partial charge < -0.3 is 28.3 Å². The second-order valence-corrected chi connectivity index (χ2v) is 12.0. The minimum Gasteiger partial charge on any atom is -0.397 e. The maximum atomic E-state index is 5.80. The lowest BCUT2D eigenvalue weighted by atomic mass is 10.3. The van der Waals surface area contributed by atoms with Crippen LogP contribution in [-0.2, 0) is 17.7 Å². The van der Waals surface area contributed by atoms with Crippen LogP contribution in [0.1, 0.15) is 60.8 Å². The van der Waals surface area contributed by atoms with E-state index in [4.69, 9.17) is 17.7 Å². The molecule has 0 spiro atoms. The summed E-state index contributed by atoms with van der Waals surface area (Å²) in [6.45, 7) is 19.9. The van der Waals surface area contributed by atoms with E-state index in [1.807, 2.05) is 27.7 Å². The van der Waals surface area contributed by atoms with Crippen molar-refractivity contribution in [3.05, 3.63) is 0 Å². The van der Waals surface area contributed by atoms with E-state index < -0.39 is 18.6 Å². The molecule has 0 saturated heterocycles. The largest absolute Gasteiger partial charge is 0.397 e. The number of hydrogen-bond donors (Lipinski definition) is 2. The SMILES string of the molecule is CCO[SiH](OCC)C(C)CCNCCCNCCC(C)[SiH](OCC)OCC. The second-order valence-electron chi connectivity index (χ2n) is 6.94. The van der Waals surface area contributed by atoms with Crippen LogP contribution in [0.4, 0.5) is 0 Å². The van der Waals surface area contributed by atoms with Crippen LogP contribution in [0.15, 0.2) is 0 Å². The highest BCUT2D eigenvalue weighted by atomic mass is 28.3. The lowest BCUT2D eigenvalue weighted by Gasteiger charge is -2.21. The predicted octanol–water partition coefficient (Wildman–Crippen LogP) is 2.70. The normalized spacial score (nSPS) is 14.2. The lowest BCUT2D eigenvalue weighted by molar-refractivity contribution is 0.203.